The van der Waals surface area contributed by atoms with Crippen LogP contribution in [0.2, 0.25) is 0 Å². The molecule has 1 aromatic carbocycles. The van der Waals surface area contributed by atoms with Gasteiger partial charge in [0, 0.05) is 4.47 Å². The van der Waals surface area contributed by atoms with E-state index in [2.05, 4.69) is 21.2 Å². The molecule has 3 N–H and O–H groups in total. The molecule has 17 heavy (non-hydrogen) atoms. The van der Waals surface area contributed by atoms with Crippen LogP contribution in [-0.4, -0.2) is 34.9 Å². The Hall–Kier alpha value is -0.980. The highest BCUT2D eigenvalue weighted by Crippen LogP contribution is 2.16. The van der Waals surface area contributed by atoms with Gasteiger partial charge in [0.05, 0.1) is 24.3 Å². The fraction of sp³-hybridized carbons (Fsp3) is 0.364. The van der Waals surface area contributed by atoms with Crippen LogP contribution < -0.4 is 5.32 Å². The Morgan fingerprint density at radius 2 is 2.06 bits per heavy atom. The third kappa shape index (κ3) is 3.49. The number of halogens is 2. The van der Waals surface area contributed by atoms with E-state index >= 15 is 0 Å². The zero-order valence-corrected chi connectivity index (χ0v) is 10.8. The van der Waals surface area contributed by atoms with Crippen molar-refractivity contribution in [2.45, 2.75) is 12.5 Å². The molecule has 4 nitrogen and oxygen atoms in total. The average Bonchev–Trinajstić information content (AvgIpc) is 2.32. The molecule has 6 heteroatoms. The predicted octanol–water partition coefficient (Wildman–Crippen LogP) is 1.06. The van der Waals surface area contributed by atoms with Gasteiger partial charge in [0.1, 0.15) is 5.82 Å². The molecule has 0 radical (unpaired) electrons. The van der Waals surface area contributed by atoms with Crippen LogP contribution in [0.4, 0.5) is 4.39 Å². The lowest BCUT2D eigenvalue weighted by molar-refractivity contribution is 0.0720. The normalized spacial score (nSPS) is 11.4. The lowest BCUT2D eigenvalue weighted by atomic mass is 10.0. The first-order chi connectivity index (χ1) is 7.91. The standard InChI is InChI=1S/C11H13BrFNO3/c1-11(5-15,6-16)14-10(17)8-4-7(12)2-3-9(8)13/h2-4,15-16H,5-6H2,1H3,(H,14,17). The van der Waals surface area contributed by atoms with Gasteiger partial charge in [-0.05, 0) is 25.1 Å². The van der Waals surface area contributed by atoms with E-state index < -0.39 is 30.5 Å². The quantitative estimate of drug-likeness (QED) is 0.779. The molecule has 0 bridgehead atoms. The van der Waals surface area contributed by atoms with Crippen LogP contribution >= 0.6 is 15.9 Å². The van der Waals surface area contributed by atoms with Gasteiger partial charge in [0.2, 0.25) is 0 Å². The van der Waals surface area contributed by atoms with E-state index in [-0.39, 0.29) is 5.56 Å². The van der Waals surface area contributed by atoms with Crippen LogP contribution in [0.25, 0.3) is 0 Å². The van der Waals surface area contributed by atoms with Gasteiger partial charge in [-0.3, -0.25) is 4.79 Å². The molecule has 0 aliphatic rings. The highest BCUT2D eigenvalue weighted by atomic mass is 79.9. The number of amides is 1. The van der Waals surface area contributed by atoms with Crippen molar-refractivity contribution < 1.29 is 19.4 Å². The lowest BCUT2D eigenvalue weighted by Crippen LogP contribution is -2.51. The van der Waals surface area contributed by atoms with Gasteiger partial charge >= 0.3 is 0 Å². The maximum Gasteiger partial charge on any atom is 0.254 e. The SMILES string of the molecule is CC(CO)(CO)NC(=O)c1cc(Br)ccc1F. The summed E-state index contributed by atoms with van der Waals surface area (Å²) in [4.78, 5) is 11.8. The van der Waals surface area contributed by atoms with Gasteiger partial charge in [-0.2, -0.15) is 0 Å². The number of aliphatic hydroxyl groups excluding tert-OH is 2. The van der Waals surface area contributed by atoms with Gasteiger partial charge in [-0.15, -0.1) is 0 Å². The summed E-state index contributed by atoms with van der Waals surface area (Å²) < 4.78 is 14.0. The second-order valence-corrected chi connectivity index (χ2v) is 4.87. The molecule has 1 aromatic rings. The summed E-state index contributed by atoms with van der Waals surface area (Å²) in [6.07, 6.45) is 0. The first-order valence-electron chi connectivity index (χ1n) is 4.91. The monoisotopic (exact) mass is 305 g/mol. The molecule has 0 aliphatic carbocycles. The Bertz CT molecular complexity index is 421. The van der Waals surface area contributed by atoms with Crippen molar-refractivity contribution in [3.63, 3.8) is 0 Å². The molecule has 0 heterocycles. The topological polar surface area (TPSA) is 69.6 Å². The maximum absolute atomic E-state index is 13.4. The van der Waals surface area contributed by atoms with Crippen LogP contribution in [0, 0.1) is 5.82 Å². The minimum absolute atomic E-state index is 0.146. The van der Waals surface area contributed by atoms with Crippen molar-refractivity contribution in [3.05, 3.63) is 34.1 Å². The molecule has 0 saturated heterocycles. The molecular formula is C11H13BrFNO3. The van der Waals surface area contributed by atoms with Crippen molar-refractivity contribution >= 4 is 21.8 Å². The third-order valence-corrected chi connectivity index (χ3v) is 2.78. The average molecular weight is 306 g/mol. The van der Waals surface area contributed by atoms with Gasteiger partial charge in [-0.25, -0.2) is 4.39 Å². The van der Waals surface area contributed by atoms with E-state index in [1.54, 1.807) is 0 Å². The van der Waals surface area contributed by atoms with Crippen molar-refractivity contribution in [2.75, 3.05) is 13.2 Å². The molecule has 0 saturated carbocycles. The smallest absolute Gasteiger partial charge is 0.254 e. The van der Waals surface area contributed by atoms with E-state index in [1.165, 1.54) is 19.1 Å². The molecule has 94 valence electrons. The number of rotatable bonds is 4. The van der Waals surface area contributed by atoms with Gasteiger partial charge in [0.15, 0.2) is 0 Å². The zero-order chi connectivity index (χ0) is 13.1. The fourth-order valence-corrected chi connectivity index (χ4v) is 1.50. The van der Waals surface area contributed by atoms with E-state index in [0.29, 0.717) is 4.47 Å². The van der Waals surface area contributed by atoms with Crippen LogP contribution in [0.5, 0.6) is 0 Å². The van der Waals surface area contributed by atoms with E-state index in [1.807, 2.05) is 0 Å². The maximum atomic E-state index is 13.4. The summed E-state index contributed by atoms with van der Waals surface area (Å²) in [6, 6.07) is 3.97. The van der Waals surface area contributed by atoms with Crippen LogP contribution in [0.3, 0.4) is 0 Å². The number of carbonyl (C=O) groups is 1. The minimum Gasteiger partial charge on any atom is -0.394 e. The molecule has 0 aliphatic heterocycles. The van der Waals surface area contributed by atoms with Crippen molar-refractivity contribution in [2.24, 2.45) is 0 Å². The summed E-state index contributed by atoms with van der Waals surface area (Å²) in [5.74, 6) is -1.35. The van der Waals surface area contributed by atoms with Crippen LogP contribution in [0.1, 0.15) is 17.3 Å². The van der Waals surface area contributed by atoms with E-state index in [0.717, 1.165) is 6.07 Å². The largest absolute Gasteiger partial charge is 0.394 e. The number of hydrogen-bond acceptors (Lipinski definition) is 3. The molecule has 0 unspecified atom stereocenters. The molecule has 0 spiro atoms. The first kappa shape index (κ1) is 14.1. The van der Waals surface area contributed by atoms with E-state index in [9.17, 15) is 9.18 Å². The molecule has 0 fully saturated rings. The van der Waals surface area contributed by atoms with Crippen molar-refractivity contribution in [1.82, 2.24) is 5.32 Å². The number of hydrogen-bond donors (Lipinski definition) is 3. The Labute approximate surface area is 107 Å². The number of benzene rings is 1. The van der Waals surface area contributed by atoms with Crippen molar-refractivity contribution in [3.8, 4) is 0 Å². The second kappa shape index (κ2) is 5.57. The third-order valence-electron chi connectivity index (χ3n) is 2.29. The summed E-state index contributed by atoms with van der Waals surface area (Å²) in [5.41, 5.74) is -1.32. The van der Waals surface area contributed by atoms with Gasteiger partial charge in [-0.1, -0.05) is 15.9 Å². The van der Waals surface area contributed by atoms with Gasteiger partial charge in [0.25, 0.3) is 5.91 Å². The molecule has 1 amide bonds. The van der Waals surface area contributed by atoms with Crippen molar-refractivity contribution in [1.29, 1.82) is 0 Å². The molecule has 0 aromatic heterocycles. The Morgan fingerprint density at radius 3 is 2.59 bits per heavy atom. The van der Waals surface area contributed by atoms with Crippen LogP contribution in [0.15, 0.2) is 22.7 Å². The molecule has 1 rings (SSSR count). The van der Waals surface area contributed by atoms with Gasteiger partial charge < -0.3 is 15.5 Å². The zero-order valence-electron chi connectivity index (χ0n) is 9.20. The number of aliphatic hydroxyl groups is 2. The molecular weight excluding hydrogens is 293 g/mol. The highest BCUT2D eigenvalue weighted by molar-refractivity contribution is 9.10. The summed E-state index contributed by atoms with van der Waals surface area (Å²) in [6.45, 7) is 0.580. The van der Waals surface area contributed by atoms with E-state index in [4.69, 9.17) is 10.2 Å². The summed E-state index contributed by atoms with van der Waals surface area (Å²) in [7, 11) is 0. The predicted molar refractivity (Wildman–Crippen MR) is 64.1 cm³/mol. The Kier molecular flexibility index (Phi) is 4.62. The van der Waals surface area contributed by atoms with Crippen LogP contribution in [-0.2, 0) is 0 Å². The number of carbonyl (C=O) groups excluding carboxylic acids is 1. The number of nitrogens with one attached hydrogen (secondary N) is 1. The Morgan fingerprint density at radius 1 is 1.47 bits per heavy atom. The molecule has 0 atom stereocenters. The lowest BCUT2D eigenvalue weighted by Gasteiger charge is -2.26. The summed E-state index contributed by atoms with van der Waals surface area (Å²) in [5, 5.41) is 20.4. The summed E-state index contributed by atoms with van der Waals surface area (Å²) >= 11 is 3.13. The minimum atomic E-state index is -1.17. The first-order valence-corrected chi connectivity index (χ1v) is 5.70. The fourth-order valence-electron chi connectivity index (χ4n) is 1.14. The highest BCUT2D eigenvalue weighted by Gasteiger charge is 2.26. The second-order valence-electron chi connectivity index (χ2n) is 3.96. The Balaban J connectivity index is 2.94.